The molecule has 2 aliphatic heterocycles. The summed E-state index contributed by atoms with van der Waals surface area (Å²) in [6.45, 7) is 5.64. The van der Waals surface area contributed by atoms with Gasteiger partial charge in [0.05, 0.1) is 13.7 Å². The molecular weight excluding hydrogens is 384 g/mol. The molecule has 6 heteroatoms. The van der Waals surface area contributed by atoms with Crippen LogP contribution >= 0.6 is 11.8 Å². The number of methoxy groups -OCH3 is 1. The number of carbonyl (C=O) groups excluding carboxylic acids is 1. The van der Waals surface area contributed by atoms with Gasteiger partial charge in [-0.25, -0.2) is 4.79 Å². The number of ether oxygens (including phenoxy) is 2. The number of aryl methyl sites for hydroxylation is 1. The molecule has 0 bridgehead atoms. The van der Waals surface area contributed by atoms with Gasteiger partial charge in [-0.2, -0.15) is 0 Å². The smallest absolute Gasteiger partial charge is 0.414 e. The molecule has 2 fully saturated rings. The molecule has 29 heavy (non-hydrogen) atoms. The van der Waals surface area contributed by atoms with Gasteiger partial charge < -0.3 is 9.47 Å². The first-order valence-corrected chi connectivity index (χ1v) is 11.1. The molecule has 0 aliphatic carbocycles. The fourth-order valence-corrected chi connectivity index (χ4v) is 5.02. The molecule has 5 nitrogen and oxygen atoms in total. The predicted molar refractivity (Wildman–Crippen MR) is 117 cm³/mol. The second-order valence-electron chi connectivity index (χ2n) is 7.75. The van der Waals surface area contributed by atoms with Crippen LogP contribution in [-0.4, -0.2) is 55.6 Å². The topological polar surface area (TPSA) is 42.0 Å². The van der Waals surface area contributed by atoms with Crippen LogP contribution in [0.15, 0.2) is 53.4 Å². The van der Waals surface area contributed by atoms with Crippen LogP contribution in [0.25, 0.3) is 0 Å². The highest BCUT2D eigenvalue weighted by Gasteiger charge is 2.34. The Bertz CT molecular complexity index is 817. The zero-order chi connectivity index (χ0) is 20.2. The van der Waals surface area contributed by atoms with Crippen molar-refractivity contribution in [2.75, 3.05) is 38.2 Å². The number of amides is 1. The van der Waals surface area contributed by atoms with Crippen molar-refractivity contribution in [2.24, 2.45) is 0 Å². The van der Waals surface area contributed by atoms with E-state index in [9.17, 15) is 4.79 Å². The molecule has 1 unspecified atom stereocenters. The van der Waals surface area contributed by atoms with Crippen molar-refractivity contribution in [1.29, 1.82) is 0 Å². The zero-order valence-corrected chi connectivity index (χ0v) is 17.9. The van der Waals surface area contributed by atoms with E-state index >= 15 is 0 Å². The van der Waals surface area contributed by atoms with Gasteiger partial charge in [-0.15, -0.1) is 11.8 Å². The average molecular weight is 413 g/mol. The van der Waals surface area contributed by atoms with E-state index < -0.39 is 0 Å². The number of likely N-dealkylation sites (tertiary alicyclic amines) is 1. The molecule has 0 aromatic heterocycles. The number of nitrogens with zero attached hydrogens (tertiary/aromatic N) is 2. The van der Waals surface area contributed by atoms with Crippen LogP contribution in [0.4, 0.5) is 10.5 Å². The number of carbonyl (C=O) groups is 1. The van der Waals surface area contributed by atoms with Crippen molar-refractivity contribution in [1.82, 2.24) is 4.90 Å². The molecule has 2 aliphatic rings. The lowest BCUT2D eigenvalue weighted by molar-refractivity contribution is 0.101. The minimum Gasteiger partial charge on any atom is -0.497 e. The Balaban J connectivity index is 1.25. The van der Waals surface area contributed by atoms with E-state index in [1.54, 1.807) is 12.0 Å². The van der Waals surface area contributed by atoms with Crippen molar-refractivity contribution in [3.05, 3.63) is 54.1 Å². The number of hydrogen-bond donors (Lipinski definition) is 0. The number of rotatable bonds is 6. The van der Waals surface area contributed by atoms with Crippen LogP contribution in [0.3, 0.4) is 0 Å². The Kier molecular flexibility index (Phi) is 6.31. The fraction of sp³-hybridized carbons (Fsp3) is 0.435. The van der Waals surface area contributed by atoms with E-state index in [-0.39, 0.29) is 12.2 Å². The SMILES string of the molecule is COc1ccc(N2CC(CN3CCC(Sc4ccc(C)cc4)CC3)OC2=O)cc1. The van der Waals surface area contributed by atoms with Gasteiger partial charge in [0.15, 0.2) is 0 Å². The number of anilines is 1. The van der Waals surface area contributed by atoms with Gasteiger partial charge in [-0.05, 0) is 69.3 Å². The third-order valence-corrected chi connectivity index (χ3v) is 6.93. The lowest BCUT2D eigenvalue weighted by Crippen LogP contribution is -2.40. The first-order valence-electron chi connectivity index (χ1n) is 10.2. The number of cyclic esters (lactones) is 1. The zero-order valence-electron chi connectivity index (χ0n) is 17.0. The van der Waals surface area contributed by atoms with Gasteiger partial charge in [0.2, 0.25) is 0 Å². The van der Waals surface area contributed by atoms with Crippen molar-refractivity contribution in [3.8, 4) is 5.75 Å². The van der Waals surface area contributed by atoms with E-state index in [2.05, 4.69) is 36.1 Å². The number of benzene rings is 2. The molecule has 2 aromatic rings. The van der Waals surface area contributed by atoms with Gasteiger partial charge >= 0.3 is 6.09 Å². The van der Waals surface area contributed by atoms with Crippen molar-refractivity contribution in [3.63, 3.8) is 0 Å². The van der Waals surface area contributed by atoms with Gasteiger partial charge in [0.25, 0.3) is 0 Å². The number of hydrogen-bond acceptors (Lipinski definition) is 5. The summed E-state index contributed by atoms with van der Waals surface area (Å²) >= 11 is 1.99. The lowest BCUT2D eigenvalue weighted by atomic mass is 10.1. The van der Waals surface area contributed by atoms with Gasteiger partial charge in [0, 0.05) is 22.4 Å². The van der Waals surface area contributed by atoms with E-state index in [4.69, 9.17) is 9.47 Å². The molecule has 1 atom stereocenters. The van der Waals surface area contributed by atoms with Crippen molar-refractivity contribution in [2.45, 2.75) is 36.0 Å². The molecule has 2 heterocycles. The summed E-state index contributed by atoms with van der Waals surface area (Å²) in [7, 11) is 1.64. The highest BCUT2D eigenvalue weighted by atomic mass is 32.2. The molecule has 154 valence electrons. The molecule has 1 amide bonds. The van der Waals surface area contributed by atoms with Crippen molar-refractivity contribution < 1.29 is 14.3 Å². The second-order valence-corrected chi connectivity index (χ2v) is 9.12. The maximum atomic E-state index is 12.3. The van der Waals surface area contributed by atoms with Crippen LogP contribution < -0.4 is 9.64 Å². The lowest BCUT2D eigenvalue weighted by Gasteiger charge is -2.32. The van der Waals surface area contributed by atoms with E-state index in [1.165, 1.54) is 23.3 Å². The maximum absolute atomic E-state index is 12.3. The monoisotopic (exact) mass is 412 g/mol. The molecule has 2 aromatic carbocycles. The summed E-state index contributed by atoms with van der Waals surface area (Å²) in [5.74, 6) is 0.782. The Hall–Kier alpha value is -2.18. The predicted octanol–water partition coefficient (Wildman–Crippen LogP) is 4.59. The van der Waals surface area contributed by atoms with Gasteiger partial charge in [-0.3, -0.25) is 9.80 Å². The molecule has 0 spiro atoms. The summed E-state index contributed by atoms with van der Waals surface area (Å²) in [5, 5.41) is 0.663. The fourth-order valence-electron chi connectivity index (χ4n) is 3.90. The summed E-state index contributed by atoms with van der Waals surface area (Å²) < 4.78 is 10.8. The molecule has 4 rings (SSSR count). The Morgan fingerprint density at radius 1 is 1.07 bits per heavy atom. The van der Waals surface area contributed by atoms with E-state index in [1.807, 2.05) is 36.0 Å². The summed E-state index contributed by atoms with van der Waals surface area (Å²) in [6, 6.07) is 16.3. The molecule has 0 radical (unpaired) electrons. The second kappa shape index (κ2) is 9.09. The standard InChI is InChI=1S/C23H28N2O3S/c1-17-3-9-21(10-4-17)29-22-11-13-24(14-12-22)15-20-16-25(23(26)28-20)18-5-7-19(27-2)8-6-18/h3-10,20,22H,11-16H2,1-2H3. The number of piperidine rings is 1. The minimum atomic E-state index is -0.259. The quantitative estimate of drug-likeness (QED) is 0.694. The summed E-state index contributed by atoms with van der Waals surface area (Å²) in [5.41, 5.74) is 2.16. The Morgan fingerprint density at radius 3 is 2.41 bits per heavy atom. The maximum Gasteiger partial charge on any atom is 0.414 e. The molecule has 2 saturated heterocycles. The van der Waals surface area contributed by atoms with Crippen LogP contribution in [-0.2, 0) is 4.74 Å². The van der Waals surface area contributed by atoms with Crippen LogP contribution in [0.2, 0.25) is 0 Å². The first kappa shape index (κ1) is 20.1. The normalized spacial score (nSPS) is 20.7. The largest absolute Gasteiger partial charge is 0.497 e. The van der Waals surface area contributed by atoms with Crippen LogP contribution in [0, 0.1) is 6.92 Å². The Labute approximate surface area is 177 Å². The van der Waals surface area contributed by atoms with Gasteiger partial charge in [0.1, 0.15) is 11.9 Å². The van der Waals surface area contributed by atoms with E-state index in [0.29, 0.717) is 11.8 Å². The highest BCUT2D eigenvalue weighted by Crippen LogP contribution is 2.31. The average Bonchev–Trinajstić information content (AvgIpc) is 3.11. The summed E-state index contributed by atoms with van der Waals surface area (Å²) in [6.07, 6.45) is 2.00. The van der Waals surface area contributed by atoms with E-state index in [0.717, 1.165) is 31.1 Å². The van der Waals surface area contributed by atoms with Crippen molar-refractivity contribution >= 4 is 23.5 Å². The number of thioether (sulfide) groups is 1. The first-order chi connectivity index (χ1) is 14.1. The molecule has 0 N–H and O–H groups in total. The van der Waals surface area contributed by atoms with Crippen LogP contribution in [0.5, 0.6) is 5.75 Å². The third-order valence-electron chi connectivity index (χ3n) is 5.58. The Morgan fingerprint density at radius 2 is 1.76 bits per heavy atom. The third kappa shape index (κ3) is 5.06. The highest BCUT2D eigenvalue weighted by molar-refractivity contribution is 8.00. The van der Waals surface area contributed by atoms with Gasteiger partial charge in [-0.1, -0.05) is 17.7 Å². The van der Waals surface area contributed by atoms with Crippen LogP contribution in [0.1, 0.15) is 18.4 Å². The molecular formula is C23H28N2O3S. The molecule has 0 saturated carbocycles. The minimum absolute atomic E-state index is 0.0779. The summed E-state index contributed by atoms with van der Waals surface area (Å²) in [4.78, 5) is 17.8.